The summed E-state index contributed by atoms with van der Waals surface area (Å²) in [5.74, 6) is 0.376. The molecule has 25 heavy (non-hydrogen) atoms. The zero-order chi connectivity index (χ0) is 17.7. The van der Waals surface area contributed by atoms with Crippen molar-refractivity contribution in [2.75, 3.05) is 13.1 Å². The lowest BCUT2D eigenvalue weighted by atomic mass is 9.98. The topological polar surface area (TPSA) is 54.5 Å². The lowest BCUT2D eigenvalue weighted by Crippen LogP contribution is -2.41. The number of piperidine rings is 1. The predicted octanol–water partition coefficient (Wildman–Crippen LogP) is 2.99. The standard InChI is InChI=1S/C20H21NO3S/c1-15-7-9-17(10-8-15)25(23,24)21-12-11-18-19(20(18,13-21)14-22)16-5-3-2-4-6-16/h2-10,14,18-19H,11-13H2,1H3/t18-,19-,20+/m1/s1. The van der Waals surface area contributed by atoms with Gasteiger partial charge in [0, 0.05) is 19.0 Å². The van der Waals surface area contributed by atoms with Crippen molar-refractivity contribution >= 4 is 16.3 Å². The zero-order valence-corrected chi connectivity index (χ0v) is 14.9. The van der Waals surface area contributed by atoms with Crippen molar-refractivity contribution in [2.24, 2.45) is 11.3 Å². The van der Waals surface area contributed by atoms with Crippen LogP contribution < -0.4 is 0 Å². The van der Waals surface area contributed by atoms with Crippen molar-refractivity contribution in [3.05, 3.63) is 65.7 Å². The molecule has 2 aromatic rings. The monoisotopic (exact) mass is 355 g/mol. The van der Waals surface area contributed by atoms with Crippen LogP contribution in [0.1, 0.15) is 23.5 Å². The summed E-state index contributed by atoms with van der Waals surface area (Å²) in [6.07, 6.45) is 1.72. The van der Waals surface area contributed by atoms with E-state index >= 15 is 0 Å². The summed E-state index contributed by atoms with van der Waals surface area (Å²) >= 11 is 0. The highest BCUT2D eigenvalue weighted by Crippen LogP contribution is 2.67. The van der Waals surface area contributed by atoms with Crippen LogP contribution in [-0.4, -0.2) is 32.1 Å². The molecule has 2 aromatic carbocycles. The van der Waals surface area contributed by atoms with Crippen LogP contribution in [-0.2, 0) is 14.8 Å². The molecule has 4 nitrogen and oxygen atoms in total. The normalized spacial score (nSPS) is 29.0. The van der Waals surface area contributed by atoms with Crippen molar-refractivity contribution in [1.29, 1.82) is 0 Å². The Bertz CT molecular complexity index is 892. The number of fused-ring (bicyclic) bond motifs is 1. The maximum absolute atomic E-state index is 13.0. The summed E-state index contributed by atoms with van der Waals surface area (Å²) in [5.41, 5.74) is 1.58. The van der Waals surface area contributed by atoms with Gasteiger partial charge in [0.25, 0.3) is 0 Å². The number of nitrogens with zero attached hydrogens (tertiary/aromatic N) is 1. The Labute approximate surface area is 148 Å². The average molecular weight is 355 g/mol. The van der Waals surface area contributed by atoms with Gasteiger partial charge in [-0.3, -0.25) is 0 Å². The van der Waals surface area contributed by atoms with Gasteiger partial charge in [-0.25, -0.2) is 8.42 Å². The molecule has 0 amide bonds. The molecular formula is C20H21NO3S. The number of hydrogen-bond donors (Lipinski definition) is 0. The molecule has 0 bridgehead atoms. The van der Waals surface area contributed by atoms with E-state index in [1.165, 1.54) is 4.31 Å². The Morgan fingerprint density at radius 2 is 1.76 bits per heavy atom. The molecular weight excluding hydrogens is 334 g/mol. The molecule has 1 aliphatic heterocycles. The van der Waals surface area contributed by atoms with Crippen molar-refractivity contribution in [1.82, 2.24) is 4.31 Å². The Hall–Kier alpha value is -1.98. The second kappa shape index (κ2) is 5.78. The Morgan fingerprint density at radius 1 is 1.08 bits per heavy atom. The van der Waals surface area contributed by atoms with Crippen LogP contribution in [0.4, 0.5) is 0 Å². The molecule has 1 heterocycles. The summed E-state index contributed by atoms with van der Waals surface area (Å²) in [4.78, 5) is 12.2. The fourth-order valence-electron chi connectivity index (χ4n) is 4.32. The number of rotatable bonds is 4. The molecule has 5 heteroatoms. The summed E-state index contributed by atoms with van der Waals surface area (Å²) in [5, 5.41) is 0. The third kappa shape index (κ3) is 2.53. The van der Waals surface area contributed by atoms with E-state index in [4.69, 9.17) is 0 Å². The fraction of sp³-hybridized carbons (Fsp3) is 0.350. The number of aldehydes is 1. The quantitative estimate of drug-likeness (QED) is 0.792. The van der Waals surface area contributed by atoms with Gasteiger partial charge in [0.2, 0.25) is 10.0 Å². The number of aryl methyl sites for hydroxylation is 1. The second-order valence-electron chi connectivity index (χ2n) is 7.17. The first-order chi connectivity index (χ1) is 12.0. The Kier molecular flexibility index (Phi) is 3.81. The average Bonchev–Trinajstić information content (AvgIpc) is 3.31. The van der Waals surface area contributed by atoms with Gasteiger partial charge in [0.1, 0.15) is 6.29 Å². The van der Waals surface area contributed by atoms with Gasteiger partial charge < -0.3 is 4.79 Å². The zero-order valence-electron chi connectivity index (χ0n) is 14.1. The van der Waals surface area contributed by atoms with Gasteiger partial charge >= 0.3 is 0 Å². The van der Waals surface area contributed by atoms with E-state index in [9.17, 15) is 13.2 Å². The van der Waals surface area contributed by atoms with E-state index in [-0.39, 0.29) is 18.4 Å². The molecule has 0 aromatic heterocycles. The van der Waals surface area contributed by atoms with Crippen molar-refractivity contribution in [2.45, 2.75) is 24.2 Å². The minimum Gasteiger partial charge on any atom is -0.303 e. The number of hydrogen-bond acceptors (Lipinski definition) is 3. The van der Waals surface area contributed by atoms with E-state index in [0.29, 0.717) is 11.4 Å². The molecule has 2 fully saturated rings. The molecule has 130 valence electrons. The van der Waals surface area contributed by atoms with Crippen LogP contribution in [0.2, 0.25) is 0 Å². The predicted molar refractivity (Wildman–Crippen MR) is 95.7 cm³/mol. The lowest BCUT2D eigenvalue weighted by molar-refractivity contribution is -0.113. The summed E-state index contributed by atoms with van der Waals surface area (Å²) < 4.78 is 27.4. The highest BCUT2D eigenvalue weighted by Gasteiger charge is 2.67. The molecule has 0 spiro atoms. The Morgan fingerprint density at radius 3 is 2.40 bits per heavy atom. The molecule has 4 rings (SSSR count). The van der Waals surface area contributed by atoms with E-state index in [0.717, 1.165) is 23.8 Å². The highest BCUT2D eigenvalue weighted by atomic mass is 32.2. The SMILES string of the molecule is Cc1ccc(S(=O)(=O)N2CC[C@@H]3[C@@H](c4ccccc4)[C@]3(C=O)C2)cc1. The van der Waals surface area contributed by atoms with Crippen LogP contribution in [0.5, 0.6) is 0 Å². The minimum atomic E-state index is -3.56. The van der Waals surface area contributed by atoms with Crippen LogP contribution in [0.15, 0.2) is 59.5 Å². The number of carbonyl (C=O) groups is 1. The molecule has 0 unspecified atom stereocenters. The maximum Gasteiger partial charge on any atom is 0.243 e. The van der Waals surface area contributed by atoms with Gasteiger partial charge in [0.05, 0.1) is 10.3 Å². The number of carbonyl (C=O) groups excluding carboxylic acids is 1. The summed E-state index contributed by atoms with van der Waals surface area (Å²) in [6.45, 7) is 2.68. The number of benzene rings is 2. The highest BCUT2D eigenvalue weighted by molar-refractivity contribution is 7.89. The van der Waals surface area contributed by atoms with Gasteiger partial charge in [-0.2, -0.15) is 4.31 Å². The van der Waals surface area contributed by atoms with Crippen LogP contribution in [0.25, 0.3) is 0 Å². The molecule has 1 saturated heterocycles. The lowest BCUT2D eigenvalue weighted by Gasteiger charge is -2.29. The van der Waals surface area contributed by atoms with Crippen LogP contribution >= 0.6 is 0 Å². The summed E-state index contributed by atoms with van der Waals surface area (Å²) in [7, 11) is -3.56. The molecule has 1 saturated carbocycles. The van der Waals surface area contributed by atoms with E-state index < -0.39 is 15.4 Å². The number of sulfonamides is 1. The molecule has 0 radical (unpaired) electrons. The van der Waals surface area contributed by atoms with E-state index in [1.54, 1.807) is 24.3 Å². The smallest absolute Gasteiger partial charge is 0.243 e. The van der Waals surface area contributed by atoms with Crippen molar-refractivity contribution < 1.29 is 13.2 Å². The third-order valence-electron chi connectivity index (χ3n) is 5.74. The van der Waals surface area contributed by atoms with Gasteiger partial charge in [-0.05, 0) is 37.0 Å². The van der Waals surface area contributed by atoms with Crippen molar-refractivity contribution in [3.8, 4) is 0 Å². The first-order valence-electron chi connectivity index (χ1n) is 8.57. The second-order valence-corrected chi connectivity index (χ2v) is 9.10. The van der Waals surface area contributed by atoms with Crippen LogP contribution in [0, 0.1) is 18.3 Å². The fourth-order valence-corrected chi connectivity index (χ4v) is 5.84. The maximum atomic E-state index is 13.0. The first-order valence-corrected chi connectivity index (χ1v) is 10.0. The summed E-state index contributed by atoms with van der Waals surface area (Å²) in [6, 6.07) is 16.9. The third-order valence-corrected chi connectivity index (χ3v) is 7.60. The molecule has 3 atom stereocenters. The van der Waals surface area contributed by atoms with Gasteiger partial charge in [-0.15, -0.1) is 0 Å². The Balaban J connectivity index is 1.63. The molecule has 2 aliphatic rings. The van der Waals surface area contributed by atoms with E-state index in [2.05, 4.69) is 0 Å². The largest absolute Gasteiger partial charge is 0.303 e. The molecule has 0 N–H and O–H groups in total. The first kappa shape index (κ1) is 16.5. The van der Waals surface area contributed by atoms with Gasteiger partial charge in [-0.1, -0.05) is 48.0 Å². The van der Waals surface area contributed by atoms with Gasteiger partial charge in [0.15, 0.2) is 0 Å². The van der Waals surface area contributed by atoms with E-state index in [1.807, 2.05) is 37.3 Å². The van der Waals surface area contributed by atoms with Crippen LogP contribution in [0.3, 0.4) is 0 Å². The van der Waals surface area contributed by atoms with Crippen molar-refractivity contribution in [3.63, 3.8) is 0 Å². The molecule has 1 aliphatic carbocycles. The minimum absolute atomic E-state index is 0.129.